The van der Waals surface area contributed by atoms with E-state index in [1.165, 1.54) is 0 Å². The fraction of sp³-hybridized carbons (Fsp3) is 0.176. The number of rotatable bonds is 6. The predicted molar refractivity (Wildman–Crippen MR) is 75.7 cm³/mol. The third kappa shape index (κ3) is 3.38. The van der Waals surface area contributed by atoms with Crippen LogP contribution in [0.4, 0.5) is 0 Å². The number of aryl methyl sites for hydroxylation is 2. The number of hydrogen-bond donors (Lipinski definition) is 0. The molecule has 0 spiro atoms. The van der Waals surface area contributed by atoms with Crippen molar-refractivity contribution in [2.45, 2.75) is 19.3 Å². The SMILES string of the molecule is O=Cc1ccccc1CCCc1ccccc1C=O. The lowest BCUT2D eigenvalue weighted by Gasteiger charge is -2.06. The van der Waals surface area contributed by atoms with E-state index in [9.17, 15) is 9.59 Å². The van der Waals surface area contributed by atoms with Gasteiger partial charge in [0.15, 0.2) is 0 Å². The van der Waals surface area contributed by atoms with Crippen molar-refractivity contribution in [3.63, 3.8) is 0 Å². The van der Waals surface area contributed by atoms with Crippen LogP contribution in [0.25, 0.3) is 0 Å². The molecule has 19 heavy (non-hydrogen) atoms. The first-order valence-corrected chi connectivity index (χ1v) is 6.41. The van der Waals surface area contributed by atoms with Gasteiger partial charge in [-0.1, -0.05) is 48.5 Å². The van der Waals surface area contributed by atoms with Crippen LogP contribution in [0, 0.1) is 0 Å². The molecule has 0 aliphatic carbocycles. The summed E-state index contributed by atoms with van der Waals surface area (Å²) in [5.41, 5.74) is 3.65. The Morgan fingerprint density at radius 3 is 1.53 bits per heavy atom. The maximum atomic E-state index is 10.9. The second kappa shape index (κ2) is 6.64. The van der Waals surface area contributed by atoms with Crippen LogP contribution in [0.1, 0.15) is 38.3 Å². The molecule has 2 heteroatoms. The molecule has 2 rings (SSSR count). The zero-order chi connectivity index (χ0) is 13.5. The monoisotopic (exact) mass is 252 g/mol. The summed E-state index contributed by atoms with van der Waals surface area (Å²) in [7, 11) is 0. The number of benzene rings is 2. The first-order chi connectivity index (χ1) is 9.35. The minimum Gasteiger partial charge on any atom is -0.298 e. The third-order valence-corrected chi connectivity index (χ3v) is 3.26. The summed E-state index contributed by atoms with van der Waals surface area (Å²) in [6.45, 7) is 0. The lowest BCUT2D eigenvalue weighted by Crippen LogP contribution is -1.97. The van der Waals surface area contributed by atoms with E-state index in [2.05, 4.69) is 0 Å². The predicted octanol–water partition coefficient (Wildman–Crippen LogP) is 3.49. The van der Waals surface area contributed by atoms with E-state index >= 15 is 0 Å². The average Bonchev–Trinajstić information content (AvgIpc) is 2.48. The van der Waals surface area contributed by atoms with Crippen molar-refractivity contribution >= 4 is 12.6 Å². The van der Waals surface area contributed by atoms with Crippen LogP contribution in [0.5, 0.6) is 0 Å². The van der Waals surface area contributed by atoms with Gasteiger partial charge in [0.1, 0.15) is 12.6 Å². The van der Waals surface area contributed by atoms with Crippen molar-refractivity contribution in [2.24, 2.45) is 0 Å². The molecular weight excluding hydrogens is 236 g/mol. The molecule has 2 aromatic rings. The van der Waals surface area contributed by atoms with Gasteiger partial charge in [0.05, 0.1) is 0 Å². The number of hydrogen-bond acceptors (Lipinski definition) is 2. The number of aldehydes is 2. The smallest absolute Gasteiger partial charge is 0.150 e. The molecule has 0 heterocycles. The van der Waals surface area contributed by atoms with Crippen LogP contribution in [0.3, 0.4) is 0 Å². The van der Waals surface area contributed by atoms with Crippen molar-refractivity contribution in [1.29, 1.82) is 0 Å². The van der Waals surface area contributed by atoms with Crippen LogP contribution in [-0.2, 0) is 12.8 Å². The van der Waals surface area contributed by atoms with E-state index in [-0.39, 0.29) is 0 Å². The second-order valence-electron chi connectivity index (χ2n) is 4.49. The normalized spacial score (nSPS) is 10.1. The second-order valence-corrected chi connectivity index (χ2v) is 4.49. The van der Waals surface area contributed by atoms with Crippen LogP contribution in [-0.4, -0.2) is 12.6 Å². The highest BCUT2D eigenvalue weighted by Gasteiger charge is 2.03. The van der Waals surface area contributed by atoms with E-state index in [1.54, 1.807) is 0 Å². The maximum absolute atomic E-state index is 10.9. The van der Waals surface area contributed by atoms with Gasteiger partial charge in [-0.3, -0.25) is 9.59 Å². The van der Waals surface area contributed by atoms with E-state index in [4.69, 9.17) is 0 Å². The fourth-order valence-electron chi connectivity index (χ4n) is 2.22. The molecule has 0 amide bonds. The molecule has 0 fully saturated rings. The number of carbonyl (C=O) groups is 2. The van der Waals surface area contributed by atoms with Gasteiger partial charge in [0, 0.05) is 11.1 Å². The Kier molecular flexibility index (Phi) is 4.62. The van der Waals surface area contributed by atoms with Gasteiger partial charge < -0.3 is 0 Å². The standard InChI is InChI=1S/C17H16O2/c18-12-16-8-3-1-6-14(16)10-5-11-15-7-2-4-9-17(15)13-19/h1-4,6-9,12-13H,5,10-11H2. The Balaban J connectivity index is 2.00. The van der Waals surface area contributed by atoms with Crippen LogP contribution < -0.4 is 0 Å². The molecule has 0 aliphatic heterocycles. The Bertz CT molecular complexity index is 521. The molecule has 0 aromatic heterocycles. The zero-order valence-electron chi connectivity index (χ0n) is 10.7. The van der Waals surface area contributed by atoms with Crippen molar-refractivity contribution < 1.29 is 9.59 Å². The van der Waals surface area contributed by atoms with E-state index in [0.29, 0.717) is 0 Å². The van der Waals surface area contributed by atoms with Crippen LogP contribution in [0.15, 0.2) is 48.5 Å². The van der Waals surface area contributed by atoms with Crippen molar-refractivity contribution in [2.75, 3.05) is 0 Å². The third-order valence-electron chi connectivity index (χ3n) is 3.26. The lowest BCUT2D eigenvalue weighted by atomic mass is 9.98. The van der Waals surface area contributed by atoms with Gasteiger partial charge in [0.25, 0.3) is 0 Å². The Labute approximate surface area is 113 Å². The Morgan fingerprint density at radius 1 is 0.684 bits per heavy atom. The molecule has 0 atom stereocenters. The average molecular weight is 252 g/mol. The molecule has 0 radical (unpaired) electrons. The van der Waals surface area contributed by atoms with Crippen molar-refractivity contribution in [3.8, 4) is 0 Å². The van der Waals surface area contributed by atoms with Gasteiger partial charge in [-0.25, -0.2) is 0 Å². The van der Waals surface area contributed by atoms with E-state index in [0.717, 1.165) is 54.1 Å². The maximum Gasteiger partial charge on any atom is 0.150 e. The molecule has 0 aliphatic rings. The highest BCUT2D eigenvalue weighted by molar-refractivity contribution is 5.77. The van der Waals surface area contributed by atoms with Gasteiger partial charge >= 0.3 is 0 Å². The fourth-order valence-corrected chi connectivity index (χ4v) is 2.22. The van der Waals surface area contributed by atoms with Gasteiger partial charge in [-0.05, 0) is 30.4 Å². The Morgan fingerprint density at radius 2 is 1.11 bits per heavy atom. The highest BCUT2D eigenvalue weighted by atomic mass is 16.1. The van der Waals surface area contributed by atoms with Crippen molar-refractivity contribution in [1.82, 2.24) is 0 Å². The van der Waals surface area contributed by atoms with Crippen LogP contribution in [0.2, 0.25) is 0 Å². The van der Waals surface area contributed by atoms with Gasteiger partial charge in [-0.15, -0.1) is 0 Å². The first-order valence-electron chi connectivity index (χ1n) is 6.41. The lowest BCUT2D eigenvalue weighted by molar-refractivity contribution is 0.111. The van der Waals surface area contributed by atoms with Crippen molar-refractivity contribution in [3.05, 3.63) is 70.8 Å². The largest absolute Gasteiger partial charge is 0.298 e. The zero-order valence-corrected chi connectivity index (χ0v) is 10.7. The van der Waals surface area contributed by atoms with Gasteiger partial charge in [0.2, 0.25) is 0 Å². The minimum atomic E-state index is 0.756. The van der Waals surface area contributed by atoms with Gasteiger partial charge in [-0.2, -0.15) is 0 Å². The summed E-state index contributed by atoms with van der Waals surface area (Å²) in [6, 6.07) is 15.3. The highest BCUT2D eigenvalue weighted by Crippen LogP contribution is 2.13. The van der Waals surface area contributed by atoms with E-state index < -0.39 is 0 Å². The molecule has 2 nitrogen and oxygen atoms in total. The first kappa shape index (κ1) is 13.2. The summed E-state index contributed by atoms with van der Waals surface area (Å²) in [4.78, 5) is 21.8. The molecule has 0 unspecified atom stereocenters. The minimum absolute atomic E-state index is 0.756. The molecule has 0 saturated carbocycles. The quantitative estimate of drug-likeness (QED) is 0.737. The molecule has 0 bridgehead atoms. The molecule has 0 N–H and O–H groups in total. The number of carbonyl (C=O) groups excluding carboxylic acids is 2. The summed E-state index contributed by atoms with van der Waals surface area (Å²) in [5, 5.41) is 0. The van der Waals surface area contributed by atoms with E-state index in [1.807, 2.05) is 48.5 Å². The topological polar surface area (TPSA) is 34.1 Å². The summed E-state index contributed by atoms with van der Waals surface area (Å²) < 4.78 is 0. The summed E-state index contributed by atoms with van der Waals surface area (Å²) in [6.07, 6.45) is 4.42. The Hall–Kier alpha value is -2.22. The summed E-state index contributed by atoms with van der Waals surface area (Å²) >= 11 is 0. The molecule has 2 aromatic carbocycles. The summed E-state index contributed by atoms with van der Waals surface area (Å²) in [5.74, 6) is 0. The molecule has 96 valence electrons. The molecule has 0 saturated heterocycles. The molecular formula is C17H16O2. The van der Waals surface area contributed by atoms with Crippen LogP contribution >= 0.6 is 0 Å².